The van der Waals surface area contributed by atoms with Gasteiger partial charge in [-0.25, -0.2) is 4.79 Å². The molecule has 0 radical (unpaired) electrons. The Morgan fingerprint density at radius 1 is 1.03 bits per heavy atom. The number of aliphatic hydroxyl groups excluding tert-OH is 1. The number of rotatable bonds is 12. The van der Waals surface area contributed by atoms with Gasteiger partial charge in [0.05, 0.1) is 12.4 Å². The Kier molecular flexibility index (Phi) is 8.59. The molecule has 3 rings (SSSR count). The SMILES string of the molecule is C=C1C2=C(N(COCCCC)CN2Cc2ccc(CC)cc2)N(CC)C(=O)N1CCCO. The largest absolute Gasteiger partial charge is 0.396 e. The van der Waals surface area contributed by atoms with Crippen molar-refractivity contribution in [2.24, 2.45) is 0 Å². The summed E-state index contributed by atoms with van der Waals surface area (Å²) in [5.74, 6) is 0.879. The predicted octanol–water partition coefficient (Wildman–Crippen LogP) is 3.92. The van der Waals surface area contributed by atoms with Gasteiger partial charge in [0, 0.05) is 32.8 Å². The van der Waals surface area contributed by atoms with E-state index in [4.69, 9.17) is 4.74 Å². The summed E-state index contributed by atoms with van der Waals surface area (Å²) < 4.78 is 5.94. The second kappa shape index (κ2) is 11.4. The Labute approximate surface area is 192 Å². The molecule has 176 valence electrons. The molecule has 1 N–H and O–H groups in total. The highest BCUT2D eigenvalue weighted by atomic mass is 16.5. The van der Waals surface area contributed by atoms with Crippen LogP contribution in [-0.2, 0) is 17.7 Å². The molecule has 2 amide bonds. The molecule has 0 unspecified atom stereocenters. The van der Waals surface area contributed by atoms with Crippen LogP contribution in [0.3, 0.4) is 0 Å². The lowest BCUT2D eigenvalue weighted by atomic mass is 10.1. The fourth-order valence-corrected chi connectivity index (χ4v) is 4.22. The minimum Gasteiger partial charge on any atom is -0.396 e. The molecule has 0 bridgehead atoms. The number of carbonyl (C=O) groups is 1. The van der Waals surface area contributed by atoms with Crippen LogP contribution in [0.2, 0.25) is 0 Å². The summed E-state index contributed by atoms with van der Waals surface area (Å²) in [6, 6.07) is 8.63. The lowest BCUT2D eigenvalue weighted by Crippen LogP contribution is -2.49. The van der Waals surface area contributed by atoms with Gasteiger partial charge in [0.1, 0.15) is 18.2 Å². The minimum atomic E-state index is -0.0857. The van der Waals surface area contributed by atoms with Crippen LogP contribution in [0.1, 0.15) is 51.2 Å². The normalized spacial score (nSPS) is 16.5. The number of aliphatic hydroxyl groups is 1. The molecule has 7 heteroatoms. The summed E-state index contributed by atoms with van der Waals surface area (Å²) in [6.07, 6.45) is 3.65. The summed E-state index contributed by atoms with van der Waals surface area (Å²) in [4.78, 5) is 21.2. The van der Waals surface area contributed by atoms with Gasteiger partial charge in [-0.05, 0) is 37.3 Å². The molecule has 0 spiro atoms. The predicted molar refractivity (Wildman–Crippen MR) is 126 cm³/mol. The molecular weight excluding hydrogens is 404 g/mol. The standard InChI is InChI=1S/C25H38N4O3/c1-5-8-16-32-19-27-18-26(17-22-12-10-21(6-2)11-13-22)23-20(4)29(14-9-15-30)25(31)28(7-3)24(23)27/h10-13,30H,4-9,14-19H2,1-3H3. The molecular formula is C25H38N4O3. The summed E-state index contributed by atoms with van der Waals surface area (Å²) >= 11 is 0. The smallest absolute Gasteiger partial charge is 0.330 e. The van der Waals surface area contributed by atoms with Gasteiger partial charge >= 0.3 is 6.03 Å². The number of benzene rings is 1. The van der Waals surface area contributed by atoms with Crippen LogP contribution in [0, 0.1) is 0 Å². The van der Waals surface area contributed by atoms with Gasteiger partial charge in [-0.1, -0.05) is 51.1 Å². The monoisotopic (exact) mass is 442 g/mol. The highest BCUT2D eigenvalue weighted by Crippen LogP contribution is 2.38. The number of amides is 2. The van der Waals surface area contributed by atoms with Crippen LogP contribution in [0.5, 0.6) is 0 Å². The van der Waals surface area contributed by atoms with E-state index in [1.165, 1.54) is 11.1 Å². The zero-order chi connectivity index (χ0) is 23.1. The van der Waals surface area contributed by atoms with Gasteiger partial charge in [0.2, 0.25) is 0 Å². The number of carbonyl (C=O) groups excluding carboxylic acids is 1. The van der Waals surface area contributed by atoms with Gasteiger partial charge < -0.3 is 19.6 Å². The Bertz CT molecular complexity index is 821. The maximum absolute atomic E-state index is 13.3. The van der Waals surface area contributed by atoms with Crippen molar-refractivity contribution >= 4 is 6.03 Å². The second-order valence-corrected chi connectivity index (χ2v) is 8.31. The zero-order valence-electron chi connectivity index (χ0n) is 19.8. The van der Waals surface area contributed by atoms with Crippen molar-refractivity contribution < 1.29 is 14.6 Å². The molecule has 1 aromatic carbocycles. The molecule has 2 aliphatic heterocycles. The van der Waals surface area contributed by atoms with Gasteiger partial charge in [0.25, 0.3) is 0 Å². The van der Waals surface area contributed by atoms with E-state index < -0.39 is 0 Å². The highest BCUT2D eigenvalue weighted by molar-refractivity contribution is 5.81. The van der Waals surface area contributed by atoms with Crippen LogP contribution in [0.4, 0.5) is 4.79 Å². The second-order valence-electron chi connectivity index (χ2n) is 8.31. The van der Waals surface area contributed by atoms with E-state index >= 15 is 0 Å². The Hall–Kier alpha value is -2.51. The van der Waals surface area contributed by atoms with Crippen LogP contribution >= 0.6 is 0 Å². The maximum atomic E-state index is 13.3. The molecule has 2 heterocycles. The first-order chi connectivity index (χ1) is 15.5. The van der Waals surface area contributed by atoms with E-state index in [9.17, 15) is 9.90 Å². The number of urea groups is 1. The Morgan fingerprint density at radius 2 is 1.75 bits per heavy atom. The van der Waals surface area contributed by atoms with Crippen molar-refractivity contribution in [2.45, 2.75) is 53.0 Å². The molecule has 0 fully saturated rings. The van der Waals surface area contributed by atoms with Crippen molar-refractivity contribution in [2.75, 3.05) is 39.7 Å². The lowest BCUT2D eigenvalue weighted by Gasteiger charge is -2.39. The first kappa shape index (κ1) is 24.1. The third kappa shape index (κ3) is 5.10. The number of unbranched alkanes of at least 4 members (excludes halogenated alkanes) is 1. The van der Waals surface area contributed by atoms with Crippen LogP contribution in [0.15, 0.2) is 48.1 Å². The molecule has 0 aromatic heterocycles. The van der Waals surface area contributed by atoms with Crippen molar-refractivity contribution in [1.29, 1.82) is 0 Å². The number of hydrogen-bond donors (Lipinski definition) is 1. The van der Waals surface area contributed by atoms with E-state index in [0.717, 1.165) is 37.3 Å². The van der Waals surface area contributed by atoms with Crippen molar-refractivity contribution in [3.8, 4) is 0 Å². The third-order valence-electron chi connectivity index (χ3n) is 6.04. The first-order valence-electron chi connectivity index (χ1n) is 11.8. The highest BCUT2D eigenvalue weighted by Gasteiger charge is 2.43. The summed E-state index contributed by atoms with van der Waals surface area (Å²) in [7, 11) is 0. The van der Waals surface area contributed by atoms with Crippen molar-refractivity contribution in [3.05, 3.63) is 59.2 Å². The number of nitrogens with zero attached hydrogens (tertiary/aromatic N) is 4. The van der Waals surface area contributed by atoms with E-state index in [1.807, 2.05) is 11.8 Å². The third-order valence-corrected chi connectivity index (χ3v) is 6.04. The number of hydrogen-bond acceptors (Lipinski definition) is 5. The van der Waals surface area contributed by atoms with Crippen molar-refractivity contribution in [1.82, 2.24) is 19.6 Å². The van der Waals surface area contributed by atoms with Crippen LogP contribution in [-0.4, -0.2) is 70.4 Å². The minimum absolute atomic E-state index is 0.0416. The molecule has 0 atom stereocenters. The molecule has 0 saturated carbocycles. The Balaban J connectivity index is 1.91. The first-order valence-corrected chi connectivity index (χ1v) is 11.8. The van der Waals surface area contributed by atoms with Gasteiger partial charge in [0.15, 0.2) is 0 Å². The average Bonchev–Trinajstić information content (AvgIpc) is 3.15. The average molecular weight is 443 g/mol. The van der Waals surface area contributed by atoms with Crippen LogP contribution in [0.25, 0.3) is 0 Å². The molecule has 1 aromatic rings. The molecule has 7 nitrogen and oxygen atoms in total. The van der Waals surface area contributed by atoms with Crippen molar-refractivity contribution in [3.63, 3.8) is 0 Å². The van der Waals surface area contributed by atoms with Crippen LogP contribution < -0.4 is 0 Å². The van der Waals surface area contributed by atoms with Gasteiger partial charge in [-0.2, -0.15) is 0 Å². The van der Waals surface area contributed by atoms with E-state index in [-0.39, 0.29) is 12.6 Å². The van der Waals surface area contributed by atoms with Gasteiger partial charge in [-0.15, -0.1) is 0 Å². The van der Waals surface area contributed by atoms with E-state index in [1.54, 1.807) is 4.90 Å². The summed E-state index contributed by atoms with van der Waals surface area (Å²) in [5.41, 5.74) is 4.21. The molecule has 32 heavy (non-hydrogen) atoms. The Morgan fingerprint density at radius 3 is 2.38 bits per heavy atom. The van der Waals surface area contributed by atoms with Gasteiger partial charge in [-0.3, -0.25) is 9.80 Å². The quantitative estimate of drug-likeness (QED) is 0.497. The topological polar surface area (TPSA) is 59.5 Å². The fraction of sp³-hybridized carbons (Fsp3) is 0.560. The lowest BCUT2D eigenvalue weighted by molar-refractivity contribution is 0.0245. The zero-order valence-corrected chi connectivity index (χ0v) is 19.8. The summed E-state index contributed by atoms with van der Waals surface area (Å²) in [5, 5.41) is 9.32. The van der Waals surface area contributed by atoms with E-state index in [2.05, 4.69) is 54.5 Å². The number of aryl methyl sites for hydroxylation is 1. The summed E-state index contributed by atoms with van der Waals surface area (Å²) in [6.45, 7) is 14.2. The molecule has 2 aliphatic rings. The molecule has 0 saturated heterocycles. The molecule has 0 aliphatic carbocycles. The maximum Gasteiger partial charge on any atom is 0.330 e. The van der Waals surface area contributed by atoms with E-state index in [0.29, 0.717) is 45.2 Å². The number of ether oxygens (including phenoxy) is 1. The fourth-order valence-electron chi connectivity index (χ4n) is 4.22.